The number of aryl methyl sites for hydroxylation is 2. The number of carbonyl (C=O) groups is 1. The number of rotatable bonds is 4. The summed E-state index contributed by atoms with van der Waals surface area (Å²) in [6, 6.07) is 11.2. The molecule has 0 unspecified atom stereocenters. The van der Waals surface area contributed by atoms with Gasteiger partial charge in [-0.2, -0.15) is 0 Å². The van der Waals surface area contributed by atoms with Crippen LogP contribution in [0.2, 0.25) is 10.0 Å². The van der Waals surface area contributed by atoms with Crippen LogP contribution in [0.5, 0.6) is 0 Å². The molecule has 0 bridgehead atoms. The number of Topliss-reactive ketones (excluding diaryl/α,β-unsaturated/α-hetero) is 1. The summed E-state index contributed by atoms with van der Waals surface area (Å²) in [5.74, 6) is 0.377. The fourth-order valence-corrected chi connectivity index (χ4v) is 3.30. The molecule has 0 aliphatic rings. The van der Waals surface area contributed by atoms with Gasteiger partial charge >= 0.3 is 0 Å². The zero-order valence-electron chi connectivity index (χ0n) is 11.2. The molecule has 1 nitrogen and oxygen atoms in total. The first-order valence-electron chi connectivity index (χ1n) is 6.15. The summed E-state index contributed by atoms with van der Waals surface area (Å²) in [6.45, 7) is 4.11. The van der Waals surface area contributed by atoms with Gasteiger partial charge < -0.3 is 0 Å². The first-order valence-corrected chi connectivity index (χ1v) is 7.90. The Balaban J connectivity index is 2.08. The lowest BCUT2D eigenvalue weighted by Crippen LogP contribution is -2.03. The third-order valence-corrected chi connectivity index (χ3v) is 4.64. The highest BCUT2D eigenvalue weighted by molar-refractivity contribution is 8.00. The van der Waals surface area contributed by atoms with E-state index in [0.29, 0.717) is 21.4 Å². The van der Waals surface area contributed by atoms with Crippen LogP contribution in [0.1, 0.15) is 21.5 Å². The van der Waals surface area contributed by atoms with Crippen molar-refractivity contribution in [2.75, 3.05) is 5.75 Å². The van der Waals surface area contributed by atoms with Gasteiger partial charge in [0.1, 0.15) is 0 Å². The van der Waals surface area contributed by atoms with E-state index in [1.165, 1.54) is 22.9 Å². The van der Waals surface area contributed by atoms with E-state index in [1.54, 1.807) is 18.2 Å². The molecule has 0 aliphatic heterocycles. The van der Waals surface area contributed by atoms with E-state index in [2.05, 4.69) is 26.0 Å². The van der Waals surface area contributed by atoms with Crippen LogP contribution >= 0.6 is 35.0 Å². The molecule has 0 saturated heterocycles. The maximum atomic E-state index is 12.2. The average Bonchev–Trinajstić information content (AvgIpc) is 2.37. The molecule has 0 amide bonds. The Hall–Kier alpha value is -0.960. The molecule has 0 aromatic heterocycles. The molecule has 4 heteroatoms. The number of hydrogen-bond acceptors (Lipinski definition) is 2. The van der Waals surface area contributed by atoms with Crippen LogP contribution < -0.4 is 0 Å². The molecule has 104 valence electrons. The van der Waals surface area contributed by atoms with E-state index in [1.807, 2.05) is 6.07 Å². The van der Waals surface area contributed by atoms with Gasteiger partial charge in [-0.1, -0.05) is 40.9 Å². The van der Waals surface area contributed by atoms with Gasteiger partial charge in [0.05, 0.1) is 10.8 Å². The molecule has 2 aromatic rings. The van der Waals surface area contributed by atoms with Gasteiger partial charge in [0.2, 0.25) is 0 Å². The highest BCUT2D eigenvalue weighted by atomic mass is 35.5. The van der Waals surface area contributed by atoms with Crippen LogP contribution in [-0.2, 0) is 0 Å². The second-order valence-electron chi connectivity index (χ2n) is 4.60. The predicted molar refractivity (Wildman–Crippen MR) is 87.4 cm³/mol. The van der Waals surface area contributed by atoms with Crippen LogP contribution in [0, 0.1) is 13.8 Å². The molecular weight excluding hydrogens is 311 g/mol. The lowest BCUT2D eigenvalue weighted by molar-refractivity contribution is 0.102. The van der Waals surface area contributed by atoms with Crippen molar-refractivity contribution in [3.63, 3.8) is 0 Å². The van der Waals surface area contributed by atoms with Crippen molar-refractivity contribution in [2.45, 2.75) is 18.7 Å². The summed E-state index contributed by atoms with van der Waals surface area (Å²) in [7, 11) is 0. The smallest absolute Gasteiger partial charge is 0.174 e. The van der Waals surface area contributed by atoms with Gasteiger partial charge in [0.25, 0.3) is 0 Å². The topological polar surface area (TPSA) is 17.1 Å². The number of hydrogen-bond donors (Lipinski definition) is 0. The van der Waals surface area contributed by atoms with Gasteiger partial charge in [-0.05, 0) is 43.7 Å². The standard InChI is InChI=1S/C16H14Cl2OS/c1-10-3-6-16(11(2)7-10)20-9-15(19)13-5-4-12(17)8-14(13)18/h3-8H,9H2,1-2H3. The summed E-state index contributed by atoms with van der Waals surface area (Å²) in [5.41, 5.74) is 2.93. The maximum absolute atomic E-state index is 12.2. The van der Waals surface area contributed by atoms with Crippen molar-refractivity contribution in [2.24, 2.45) is 0 Å². The van der Waals surface area contributed by atoms with E-state index in [9.17, 15) is 4.79 Å². The number of ketones is 1. The molecule has 0 fully saturated rings. The lowest BCUT2D eigenvalue weighted by atomic mass is 10.1. The first-order chi connectivity index (χ1) is 9.47. The molecule has 2 rings (SSSR count). The van der Waals surface area contributed by atoms with E-state index < -0.39 is 0 Å². The minimum absolute atomic E-state index is 0.0108. The second kappa shape index (κ2) is 6.66. The molecule has 2 aromatic carbocycles. The maximum Gasteiger partial charge on any atom is 0.174 e. The summed E-state index contributed by atoms with van der Waals surface area (Å²) in [5, 5.41) is 0.942. The number of benzene rings is 2. The fraction of sp³-hybridized carbons (Fsp3) is 0.188. The van der Waals surface area contributed by atoms with Crippen LogP contribution in [0.3, 0.4) is 0 Å². The van der Waals surface area contributed by atoms with Crippen molar-refractivity contribution in [1.29, 1.82) is 0 Å². The molecule has 0 saturated carbocycles. The normalized spacial score (nSPS) is 10.6. The summed E-state index contributed by atoms with van der Waals surface area (Å²) in [4.78, 5) is 13.3. The molecule has 0 radical (unpaired) electrons. The monoisotopic (exact) mass is 324 g/mol. The lowest BCUT2D eigenvalue weighted by Gasteiger charge is -2.07. The number of halogens is 2. The van der Waals surface area contributed by atoms with E-state index in [4.69, 9.17) is 23.2 Å². The van der Waals surface area contributed by atoms with Gasteiger partial charge in [0, 0.05) is 15.5 Å². The van der Waals surface area contributed by atoms with Crippen molar-refractivity contribution in [1.82, 2.24) is 0 Å². The van der Waals surface area contributed by atoms with Gasteiger partial charge in [-0.3, -0.25) is 4.79 Å². The molecule has 0 heterocycles. The van der Waals surface area contributed by atoms with Crippen molar-refractivity contribution in [3.8, 4) is 0 Å². The van der Waals surface area contributed by atoms with Crippen molar-refractivity contribution in [3.05, 3.63) is 63.1 Å². The van der Waals surface area contributed by atoms with E-state index in [0.717, 1.165) is 4.90 Å². The summed E-state index contributed by atoms with van der Waals surface area (Å²) in [6.07, 6.45) is 0. The Morgan fingerprint density at radius 1 is 1.10 bits per heavy atom. The number of thioether (sulfide) groups is 1. The highest BCUT2D eigenvalue weighted by Crippen LogP contribution is 2.26. The number of carbonyl (C=O) groups excluding carboxylic acids is 1. The van der Waals surface area contributed by atoms with E-state index >= 15 is 0 Å². The predicted octanol–water partition coefficient (Wildman–Crippen LogP) is 5.59. The Labute approximate surface area is 133 Å². The molecule has 0 N–H and O–H groups in total. The van der Waals surface area contributed by atoms with Gasteiger partial charge in [0.15, 0.2) is 5.78 Å². The average molecular weight is 325 g/mol. The Bertz CT molecular complexity index is 653. The van der Waals surface area contributed by atoms with E-state index in [-0.39, 0.29) is 5.78 Å². The van der Waals surface area contributed by atoms with Crippen LogP contribution in [-0.4, -0.2) is 11.5 Å². The Morgan fingerprint density at radius 3 is 2.50 bits per heavy atom. The zero-order chi connectivity index (χ0) is 14.7. The Morgan fingerprint density at radius 2 is 1.85 bits per heavy atom. The van der Waals surface area contributed by atoms with Crippen LogP contribution in [0.4, 0.5) is 0 Å². The SMILES string of the molecule is Cc1ccc(SCC(=O)c2ccc(Cl)cc2Cl)c(C)c1. The van der Waals surface area contributed by atoms with Gasteiger partial charge in [-0.15, -0.1) is 11.8 Å². The van der Waals surface area contributed by atoms with Crippen molar-refractivity contribution < 1.29 is 4.79 Å². The van der Waals surface area contributed by atoms with Crippen LogP contribution in [0.15, 0.2) is 41.3 Å². The van der Waals surface area contributed by atoms with Crippen LogP contribution in [0.25, 0.3) is 0 Å². The quantitative estimate of drug-likeness (QED) is 0.539. The minimum Gasteiger partial charge on any atom is -0.293 e. The molecule has 0 atom stereocenters. The largest absolute Gasteiger partial charge is 0.293 e. The minimum atomic E-state index is 0.0108. The third-order valence-electron chi connectivity index (χ3n) is 2.92. The third kappa shape index (κ3) is 3.78. The highest BCUT2D eigenvalue weighted by Gasteiger charge is 2.12. The molecule has 20 heavy (non-hydrogen) atoms. The second-order valence-corrected chi connectivity index (χ2v) is 6.47. The molecular formula is C16H14Cl2OS. The first kappa shape index (κ1) is 15.4. The fourth-order valence-electron chi connectivity index (χ4n) is 1.90. The van der Waals surface area contributed by atoms with Gasteiger partial charge in [-0.25, -0.2) is 0 Å². The summed E-state index contributed by atoms with van der Waals surface area (Å²) < 4.78 is 0. The zero-order valence-corrected chi connectivity index (χ0v) is 13.6. The summed E-state index contributed by atoms with van der Waals surface area (Å²) >= 11 is 13.4. The molecule has 0 aliphatic carbocycles. The molecule has 0 spiro atoms. The van der Waals surface area contributed by atoms with Crippen molar-refractivity contribution >= 4 is 40.7 Å². The Kier molecular flexibility index (Phi) is 5.14.